The highest BCUT2D eigenvalue weighted by atomic mass is 16.5. The third-order valence-electron chi connectivity index (χ3n) is 4.27. The lowest BCUT2D eigenvalue weighted by Gasteiger charge is -2.35. The monoisotopic (exact) mass is 356 g/mol. The lowest BCUT2D eigenvalue weighted by molar-refractivity contribution is 0.0194. The highest BCUT2D eigenvalue weighted by Crippen LogP contribution is 2.18. The Morgan fingerprint density at radius 3 is 2.88 bits per heavy atom. The van der Waals surface area contributed by atoms with Gasteiger partial charge in [0.25, 0.3) is 5.91 Å². The molecule has 1 atom stereocenters. The second-order valence-corrected chi connectivity index (χ2v) is 6.68. The van der Waals surface area contributed by atoms with Gasteiger partial charge in [0.2, 0.25) is 0 Å². The van der Waals surface area contributed by atoms with Crippen molar-refractivity contribution < 1.29 is 9.53 Å². The minimum absolute atomic E-state index is 0.0835. The number of likely N-dealkylation sites (N-methyl/N-ethyl adjacent to an activating group) is 1. The van der Waals surface area contributed by atoms with Gasteiger partial charge in [-0.2, -0.15) is 0 Å². The number of carbonyl (C=O) groups is 1. The summed E-state index contributed by atoms with van der Waals surface area (Å²) in [4.78, 5) is 33.0. The molecule has 1 fully saturated rings. The van der Waals surface area contributed by atoms with Crippen LogP contribution in [0.5, 0.6) is 0 Å². The summed E-state index contributed by atoms with van der Waals surface area (Å²) in [5, 5.41) is 0. The minimum atomic E-state index is -0.115. The molecule has 3 rings (SSSR count). The van der Waals surface area contributed by atoms with Crippen LogP contribution >= 0.6 is 0 Å². The van der Waals surface area contributed by atoms with Crippen LogP contribution in [0.1, 0.15) is 35.9 Å². The zero-order chi connectivity index (χ0) is 18.5. The Bertz CT molecular complexity index is 739. The van der Waals surface area contributed by atoms with Gasteiger partial charge in [-0.3, -0.25) is 4.79 Å². The average Bonchev–Trinajstić information content (AvgIpc) is 2.68. The fraction of sp³-hybridized carbons (Fsp3) is 0.500. The summed E-state index contributed by atoms with van der Waals surface area (Å²) < 4.78 is 5.85. The highest BCUT2D eigenvalue weighted by Gasteiger charge is 2.25. The average molecular weight is 356 g/mol. The standard InChI is InChI=1S/C18H24N6O2/c1-13(2)17-21-5-4-16(22-17)24-6-7-26-15(11-24)10-23(3)18(25)14-8-19-12-20-9-14/h4-5,8-9,12-13,15H,6-7,10-11H2,1-3H3. The second kappa shape index (κ2) is 8.18. The van der Waals surface area contributed by atoms with Gasteiger partial charge in [-0.25, -0.2) is 19.9 Å². The van der Waals surface area contributed by atoms with E-state index in [1.54, 1.807) is 18.1 Å². The number of anilines is 1. The van der Waals surface area contributed by atoms with Gasteiger partial charge in [0.15, 0.2) is 0 Å². The van der Waals surface area contributed by atoms with Crippen molar-refractivity contribution in [3.05, 3.63) is 42.4 Å². The fourth-order valence-corrected chi connectivity index (χ4v) is 2.87. The van der Waals surface area contributed by atoms with Crippen LogP contribution in [0, 0.1) is 0 Å². The van der Waals surface area contributed by atoms with Gasteiger partial charge in [-0.15, -0.1) is 0 Å². The quantitative estimate of drug-likeness (QED) is 0.800. The molecule has 1 aliphatic rings. The first-order chi connectivity index (χ1) is 12.5. The zero-order valence-corrected chi connectivity index (χ0v) is 15.4. The number of amides is 1. The first-order valence-electron chi connectivity index (χ1n) is 8.74. The van der Waals surface area contributed by atoms with Crippen molar-refractivity contribution in [2.75, 3.05) is 38.2 Å². The van der Waals surface area contributed by atoms with E-state index in [4.69, 9.17) is 4.74 Å². The number of ether oxygens (including phenoxy) is 1. The fourth-order valence-electron chi connectivity index (χ4n) is 2.87. The SMILES string of the molecule is CC(C)c1nccc(N2CCOC(CN(C)C(=O)c3cncnc3)C2)n1. The number of carbonyl (C=O) groups excluding carboxylic acids is 1. The number of aromatic nitrogens is 4. The minimum Gasteiger partial charge on any atom is -0.373 e. The Labute approximate surface area is 153 Å². The van der Waals surface area contributed by atoms with E-state index in [0.717, 1.165) is 18.2 Å². The molecule has 2 aromatic rings. The Hall–Kier alpha value is -2.61. The van der Waals surface area contributed by atoms with E-state index in [1.165, 1.54) is 18.7 Å². The van der Waals surface area contributed by atoms with Crippen LogP contribution in [0.2, 0.25) is 0 Å². The molecule has 8 heteroatoms. The molecule has 0 bridgehead atoms. The second-order valence-electron chi connectivity index (χ2n) is 6.68. The van der Waals surface area contributed by atoms with E-state index >= 15 is 0 Å². The van der Waals surface area contributed by atoms with Crippen molar-refractivity contribution in [2.24, 2.45) is 0 Å². The number of nitrogens with zero attached hydrogens (tertiary/aromatic N) is 6. The number of rotatable bonds is 5. The van der Waals surface area contributed by atoms with Gasteiger partial charge in [-0.1, -0.05) is 13.8 Å². The van der Waals surface area contributed by atoms with Gasteiger partial charge in [-0.05, 0) is 6.07 Å². The van der Waals surface area contributed by atoms with Gasteiger partial charge < -0.3 is 14.5 Å². The molecule has 138 valence electrons. The molecule has 1 saturated heterocycles. The van der Waals surface area contributed by atoms with E-state index in [-0.39, 0.29) is 17.9 Å². The number of morpholine rings is 1. The summed E-state index contributed by atoms with van der Waals surface area (Å²) in [7, 11) is 1.76. The predicted molar refractivity (Wildman–Crippen MR) is 97.1 cm³/mol. The van der Waals surface area contributed by atoms with Crippen LogP contribution in [0.3, 0.4) is 0 Å². The van der Waals surface area contributed by atoms with E-state index in [1.807, 2.05) is 6.07 Å². The molecule has 1 amide bonds. The van der Waals surface area contributed by atoms with Crippen molar-refractivity contribution in [2.45, 2.75) is 25.9 Å². The van der Waals surface area contributed by atoms with Gasteiger partial charge in [0, 0.05) is 51.2 Å². The van der Waals surface area contributed by atoms with Crippen molar-refractivity contribution in [1.29, 1.82) is 0 Å². The van der Waals surface area contributed by atoms with Crippen LogP contribution in [0.15, 0.2) is 31.0 Å². The van der Waals surface area contributed by atoms with Crippen LogP contribution in [-0.4, -0.2) is 70.1 Å². The summed E-state index contributed by atoms with van der Waals surface area (Å²) in [5.74, 6) is 1.91. The van der Waals surface area contributed by atoms with E-state index < -0.39 is 0 Å². The largest absolute Gasteiger partial charge is 0.373 e. The van der Waals surface area contributed by atoms with Crippen LogP contribution < -0.4 is 4.90 Å². The molecule has 0 aromatic carbocycles. The van der Waals surface area contributed by atoms with Gasteiger partial charge in [0.05, 0.1) is 18.3 Å². The summed E-state index contributed by atoms with van der Waals surface area (Å²) in [6, 6.07) is 1.92. The van der Waals surface area contributed by atoms with Crippen molar-refractivity contribution in [3.8, 4) is 0 Å². The number of hydrogen-bond donors (Lipinski definition) is 0. The maximum atomic E-state index is 12.4. The molecular formula is C18H24N6O2. The molecule has 0 saturated carbocycles. The maximum Gasteiger partial charge on any atom is 0.256 e. The molecule has 2 aromatic heterocycles. The molecule has 0 spiro atoms. The topological polar surface area (TPSA) is 84.3 Å². The third-order valence-corrected chi connectivity index (χ3v) is 4.27. The van der Waals surface area contributed by atoms with Gasteiger partial charge >= 0.3 is 0 Å². The molecule has 0 N–H and O–H groups in total. The summed E-state index contributed by atoms with van der Waals surface area (Å²) in [5.41, 5.74) is 0.472. The summed E-state index contributed by atoms with van der Waals surface area (Å²) >= 11 is 0. The smallest absolute Gasteiger partial charge is 0.256 e. The Morgan fingerprint density at radius 1 is 1.38 bits per heavy atom. The maximum absolute atomic E-state index is 12.4. The molecule has 8 nitrogen and oxygen atoms in total. The molecule has 0 aliphatic carbocycles. The van der Waals surface area contributed by atoms with E-state index in [2.05, 4.69) is 38.7 Å². The molecule has 0 radical (unpaired) electrons. The first-order valence-corrected chi connectivity index (χ1v) is 8.74. The molecule has 1 unspecified atom stereocenters. The van der Waals surface area contributed by atoms with Crippen molar-refractivity contribution >= 4 is 11.7 Å². The summed E-state index contributed by atoms with van der Waals surface area (Å²) in [6.07, 6.45) is 6.17. The third kappa shape index (κ3) is 4.32. The van der Waals surface area contributed by atoms with Crippen molar-refractivity contribution in [1.82, 2.24) is 24.8 Å². The number of hydrogen-bond acceptors (Lipinski definition) is 7. The van der Waals surface area contributed by atoms with Crippen LogP contribution in [-0.2, 0) is 4.74 Å². The lowest BCUT2D eigenvalue weighted by atomic mass is 10.2. The Morgan fingerprint density at radius 2 is 2.15 bits per heavy atom. The van der Waals surface area contributed by atoms with Crippen molar-refractivity contribution in [3.63, 3.8) is 0 Å². The lowest BCUT2D eigenvalue weighted by Crippen LogP contribution is -2.48. The predicted octanol–water partition coefficient (Wildman–Crippen LogP) is 1.37. The zero-order valence-electron chi connectivity index (χ0n) is 15.4. The molecular weight excluding hydrogens is 332 g/mol. The Balaban J connectivity index is 1.63. The molecule has 26 heavy (non-hydrogen) atoms. The van der Waals surface area contributed by atoms with Gasteiger partial charge in [0.1, 0.15) is 18.0 Å². The highest BCUT2D eigenvalue weighted by molar-refractivity contribution is 5.93. The van der Waals surface area contributed by atoms with E-state index in [0.29, 0.717) is 25.3 Å². The normalized spacial score (nSPS) is 17.4. The molecule has 1 aliphatic heterocycles. The summed E-state index contributed by atoms with van der Waals surface area (Å²) in [6.45, 7) is 6.70. The van der Waals surface area contributed by atoms with Crippen LogP contribution in [0.25, 0.3) is 0 Å². The Kier molecular flexibility index (Phi) is 5.72. The first kappa shape index (κ1) is 18.2. The van der Waals surface area contributed by atoms with Crippen LogP contribution in [0.4, 0.5) is 5.82 Å². The van der Waals surface area contributed by atoms with E-state index in [9.17, 15) is 4.79 Å². The molecule has 3 heterocycles.